The van der Waals surface area contributed by atoms with Gasteiger partial charge in [0.2, 0.25) is 0 Å². The third kappa shape index (κ3) is 6.38. The second-order valence-electron chi connectivity index (χ2n) is 17.6. The average molecular weight is 882 g/mol. The maximum Gasteiger partial charge on any atom is 0.164 e. The summed E-state index contributed by atoms with van der Waals surface area (Å²) < 4.78 is 9.19. The van der Waals surface area contributed by atoms with Crippen LogP contribution in [0, 0.1) is 0 Å². The van der Waals surface area contributed by atoms with E-state index in [1.54, 1.807) is 0 Å². The molecule has 0 bridgehead atoms. The number of hydrogen-bond acceptors (Lipinski definition) is 4. The predicted molar refractivity (Wildman–Crippen MR) is 283 cm³/mol. The molecule has 1 N–H and O–H groups in total. The SMILES string of the molecule is c1ccc(-c2ccc(-c3nc(-c4cc(-c5ccccc5)c(-n5c6ccccc6c6c7oc8ccccc8c7ccc65)c(-c5ccccc5)c4)nc(-c4ccc5c(c4)[nH]c4ccccc45)n3)cc2)cc1. The zero-order chi connectivity index (χ0) is 45.4. The summed E-state index contributed by atoms with van der Waals surface area (Å²) in [5.41, 5.74) is 16.2. The number of para-hydroxylation sites is 3. The normalized spacial score (nSPS) is 11.8. The zero-order valence-corrected chi connectivity index (χ0v) is 37.1. The molecule has 0 spiro atoms. The maximum atomic E-state index is 6.76. The molecule has 14 rings (SSSR count). The van der Waals surface area contributed by atoms with E-state index < -0.39 is 0 Å². The van der Waals surface area contributed by atoms with Gasteiger partial charge in [0.15, 0.2) is 17.5 Å². The van der Waals surface area contributed by atoms with Crippen LogP contribution in [0.25, 0.3) is 139 Å². The molecule has 322 valence electrons. The summed E-state index contributed by atoms with van der Waals surface area (Å²) in [6, 6.07) is 81.1. The molecular weight excluding hydrogens is 843 g/mol. The van der Waals surface area contributed by atoms with Crippen LogP contribution in [-0.2, 0) is 0 Å². The molecule has 0 atom stereocenters. The zero-order valence-electron chi connectivity index (χ0n) is 37.1. The quantitative estimate of drug-likeness (QED) is 0.173. The molecule has 14 aromatic rings. The number of benzene rings is 10. The summed E-state index contributed by atoms with van der Waals surface area (Å²) >= 11 is 0. The molecule has 0 radical (unpaired) electrons. The lowest BCUT2D eigenvalue weighted by atomic mass is 9.92. The fourth-order valence-electron chi connectivity index (χ4n) is 10.4. The van der Waals surface area contributed by atoms with Gasteiger partial charge in [0.25, 0.3) is 0 Å². The van der Waals surface area contributed by atoms with Gasteiger partial charge < -0.3 is 14.0 Å². The van der Waals surface area contributed by atoms with E-state index in [9.17, 15) is 0 Å². The number of hydrogen-bond donors (Lipinski definition) is 1. The first-order chi connectivity index (χ1) is 34.2. The van der Waals surface area contributed by atoms with Crippen molar-refractivity contribution in [2.24, 2.45) is 0 Å². The summed E-state index contributed by atoms with van der Waals surface area (Å²) in [5, 5.41) is 6.75. The molecule has 0 aliphatic heterocycles. The molecular formula is C63H39N5O. The van der Waals surface area contributed by atoms with E-state index in [0.717, 1.165) is 116 Å². The number of aromatic nitrogens is 5. The minimum Gasteiger partial charge on any atom is -0.455 e. The molecule has 0 aliphatic rings. The van der Waals surface area contributed by atoms with Crippen LogP contribution in [-0.4, -0.2) is 24.5 Å². The van der Waals surface area contributed by atoms with Crippen molar-refractivity contribution < 1.29 is 4.42 Å². The van der Waals surface area contributed by atoms with E-state index in [0.29, 0.717) is 17.5 Å². The van der Waals surface area contributed by atoms with Gasteiger partial charge in [0, 0.05) is 65.8 Å². The Bertz CT molecular complexity index is 4220. The van der Waals surface area contributed by atoms with Crippen LogP contribution < -0.4 is 0 Å². The first-order valence-electron chi connectivity index (χ1n) is 23.3. The molecule has 10 aromatic carbocycles. The number of rotatable bonds is 7. The summed E-state index contributed by atoms with van der Waals surface area (Å²) in [6.07, 6.45) is 0. The van der Waals surface area contributed by atoms with Crippen LogP contribution in [0.3, 0.4) is 0 Å². The summed E-state index contributed by atoms with van der Waals surface area (Å²) in [5.74, 6) is 1.76. The highest BCUT2D eigenvalue weighted by molar-refractivity contribution is 6.24. The van der Waals surface area contributed by atoms with Gasteiger partial charge in [-0.1, -0.05) is 182 Å². The fourth-order valence-corrected chi connectivity index (χ4v) is 10.4. The number of fused-ring (bicyclic) bond motifs is 10. The van der Waals surface area contributed by atoms with Gasteiger partial charge in [-0.3, -0.25) is 0 Å². The van der Waals surface area contributed by atoms with Gasteiger partial charge in [0.1, 0.15) is 11.2 Å². The Balaban J connectivity index is 1.04. The molecule has 0 saturated carbocycles. The maximum absolute atomic E-state index is 6.76. The lowest BCUT2D eigenvalue weighted by molar-refractivity contribution is 0.673. The van der Waals surface area contributed by atoms with E-state index in [1.807, 2.05) is 12.1 Å². The third-order valence-electron chi connectivity index (χ3n) is 13.6. The number of nitrogens with one attached hydrogen (secondary N) is 1. The van der Waals surface area contributed by atoms with Crippen molar-refractivity contribution in [1.82, 2.24) is 24.5 Å². The molecule has 69 heavy (non-hydrogen) atoms. The first kappa shape index (κ1) is 38.8. The standard InChI is InChI=1S/C63H39N5O/c1-4-16-39(17-5-1)40-28-30-43(31-29-40)61-65-62(44-32-33-47-46-22-10-13-25-53(46)64-54(47)38-44)67-63(66-61)45-36-51(41-18-6-2-7-19-41)59(52(37-45)42-20-8-3-9-21-42)68-55-26-14-11-24-50(55)58-56(68)35-34-49-48-23-12-15-27-57(48)69-60(49)58/h1-38,64H. The highest BCUT2D eigenvalue weighted by atomic mass is 16.3. The van der Waals surface area contributed by atoms with E-state index in [-0.39, 0.29) is 0 Å². The van der Waals surface area contributed by atoms with Crippen LogP contribution in [0.1, 0.15) is 0 Å². The molecule has 0 saturated heterocycles. The van der Waals surface area contributed by atoms with Gasteiger partial charge in [-0.05, 0) is 70.8 Å². The topological polar surface area (TPSA) is 72.5 Å². The van der Waals surface area contributed by atoms with Gasteiger partial charge >= 0.3 is 0 Å². The van der Waals surface area contributed by atoms with Crippen molar-refractivity contribution in [2.75, 3.05) is 0 Å². The molecule has 4 heterocycles. The molecule has 4 aromatic heterocycles. The van der Waals surface area contributed by atoms with Crippen LogP contribution >= 0.6 is 0 Å². The monoisotopic (exact) mass is 881 g/mol. The van der Waals surface area contributed by atoms with Gasteiger partial charge in [0.05, 0.1) is 22.1 Å². The van der Waals surface area contributed by atoms with E-state index in [4.69, 9.17) is 19.4 Å². The Morgan fingerprint density at radius 1 is 0.333 bits per heavy atom. The minimum atomic E-state index is 0.575. The van der Waals surface area contributed by atoms with Crippen molar-refractivity contribution >= 4 is 65.6 Å². The summed E-state index contributed by atoms with van der Waals surface area (Å²) in [6.45, 7) is 0. The smallest absolute Gasteiger partial charge is 0.164 e. The number of H-pyrrole nitrogens is 1. The molecule has 6 nitrogen and oxygen atoms in total. The Morgan fingerprint density at radius 2 is 0.841 bits per heavy atom. The summed E-state index contributed by atoms with van der Waals surface area (Å²) in [4.78, 5) is 19.6. The van der Waals surface area contributed by atoms with E-state index >= 15 is 0 Å². The molecule has 0 aliphatic carbocycles. The van der Waals surface area contributed by atoms with Crippen LogP contribution in [0.5, 0.6) is 0 Å². The van der Waals surface area contributed by atoms with Crippen molar-refractivity contribution in [3.63, 3.8) is 0 Å². The Kier molecular flexibility index (Phi) is 8.79. The van der Waals surface area contributed by atoms with Crippen molar-refractivity contribution in [3.8, 4) is 73.2 Å². The minimum absolute atomic E-state index is 0.575. The van der Waals surface area contributed by atoms with Crippen LogP contribution in [0.4, 0.5) is 0 Å². The van der Waals surface area contributed by atoms with Gasteiger partial charge in [-0.25, -0.2) is 15.0 Å². The van der Waals surface area contributed by atoms with E-state index in [2.05, 4.69) is 228 Å². The third-order valence-corrected chi connectivity index (χ3v) is 13.6. The van der Waals surface area contributed by atoms with Crippen LogP contribution in [0.15, 0.2) is 235 Å². The highest BCUT2D eigenvalue weighted by Crippen LogP contribution is 2.46. The highest BCUT2D eigenvalue weighted by Gasteiger charge is 2.25. The number of furan rings is 1. The summed E-state index contributed by atoms with van der Waals surface area (Å²) in [7, 11) is 0. The number of nitrogens with zero attached hydrogens (tertiary/aromatic N) is 4. The largest absolute Gasteiger partial charge is 0.455 e. The Labute approximate surface area is 396 Å². The van der Waals surface area contributed by atoms with Crippen LogP contribution in [0.2, 0.25) is 0 Å². The van der Waals surface area contributed by atoms with Crippen molar-refractivity contribution in [2.45, 2.75) is 0 Å². The lowest BCUT2D eigenvalue weighted by Crippen LogP contribution is -2.04. The Hall–Kier alpha value is -9.39. The first-order valence-corrected chi connectivity index (χ1v) is 23.3. The van der Waals surface area contributed by atoms with Gasteiger partial charge in [-0.15, -0.1) is 0 Å². The molecule has 0 unspecified atom stereocenters. The lowest BCUT2D eigenvalue weighted by Gasteiger charge is -2.21. The molecule has 6 heteroatoms. The van der Waals surface area contributed by atoms with Gasteiger partial charge in [-0.2, -0.15) is 0 Å². The second-order valence-corrected chi connectivity index (χ2v) is 17.6. The second kappa shape index (κ2) is 15.6. The molecule has 0 amide bonds. The predicted octanol–water partition coefficient (Wildman–Crippen LogP) is 16.5. The number of aromatic amines is 1. The van der Waals surface area contributed by atoms with Crippen molar-refractivity contribution in [3.05, 3.63) is 231 Å². The Morgan fingerprint density at radius 3 is 1.55 bits per heavy atom. The van der Waals surface area contributed by atoms with Crippen molar-refractivity contribution in [1.29, 1.82) is 0 Å². The average Bonchev–Trinajstić information content (AvgIpc) is 4.10. The molecule has 0 fully saturated rings. The van der Waals surface area contributed by atoms with E-state index in [1.165, 1.54) is 5.39 Å². The fraction of sp³-hybridized carbons (Fsp3) is 0.